The van der Waals surface area contributed by atoms with Gasteiger partial charge in [-0.1, -0.05) is 57.5 Å². The first kappa shape index (κ1) is 22.5. The zero-order valence-corrected chi connectivity index (χ0v) is 20.0. The molecular weight excluding hydrogens is 436 g/mol. The molecule has 0 fully saturated rings. The number of carbonyl (C=O) groups excluding carboxylic acids is 1. The highest BCUT2D eigenvalue weighted by Crippen LogP contribution is 2.37. The van der Waals surface area contributed by atoms with Crippen molar-refractivity contribution in [3.05, 3.63) is 57.4 Å². The zero-order chi connectivity index (χ0) is 22.0. The third-order valence-corrected chi connectivity index (χ3v) is 6.71. The second-order valence-corrected chi connectivity index (χ2v) is 9.49. The van der Waals surface area contributed by atoms with Crippen molar-refractivity contribution >= 4 is 67.7 Å². The van der Waals surface area contributed by atoms with Crippen LogP contribution in [0.25, 0.3) is 10.1 Å². The molecule has 30 heavy (non-hydrogen) atoms. The first-order valence-corrected chi connectivity index (χ1v) is 11.3. The summed E-state index contributed by atoms with van der Waals surface area (Å²) < 4.78 is 5.70. The highest BCUT2D eigenvalue weighted by Gasteiger charge is 2.18. The van der Waals surface area contributed by atoms with Crippen molar-refractivity contribution in [2.24, 2.45) is 0 Å². The lowest BCUT2D eigenvalue weighted by atomic mass is 9.93. The number of hydrogen-bond acceptors (Lipinski definition) is 4. The van der Waals surface area contributed by atoms with E-state index in [0.717, 1.165) is 21.5 Å². The van der Waals surface area contributed by atoms with Crippen LogP contribution >= 0.6 is 35.2 Å². The van der Waals surface area contributed by atoms with Crippen molar-refractivity contribution in [3.8, 4) is 0 Å². The van der Waals surface area contributed by atoms with E-state index in [9.17, 15) is 4.79 Å². The third kappa shape index (κ3) is 4.61. The Morgan fingerprint density at radius 2 is 1.70 bits per heavy atom. The van der Waals surface area contributed by atoms with Gasteiger partial charge in [-0.2, -0.15) is 0 Å². The van der Waals surface area contributed by atoms with E-state index in [1.807, 2.05) is 18.2 Å². The number of ether oxygens (including phenoxy) is 1. The van der Waals surface area contributed by atoms with E-state index in [1.54, 1.807) is 0 Å². The topological polar surface area (TPSA) is 50.4 Å². The molecule has 3 aromatic rings. The first-order valence-electron chi connectivity index (χ1n) is 9.74. The SMILES string of the molecule is COC(=O)c1sc2cc(NC(=S)Nc3c(C(C)C)cccc3C(C)C)ccc2c1Cl. The summed E-state index contributed by atoms with van der Waals surface area (Å²) in [4.78, 5) is 12.3. The van der Waals surface area contributed by atoms with Gasteiger partial charge in [0.15, 0.2) is 5.11 Å². The molecule has 4 nitrogen and oxygen atoms in total. The van der Waals surface area contributed by atoms with E-state index in [0.29, 0.717) is 26.8 Å². The smallest absolute Gasteiger partial charge is 0.349 e. The number of esters is 1. The molecule has 1 heterocycles. The minimum Gasteiger partial charge on any atom is -0.465 e. The number of carbonyl (C=O) groups is 1. The molecule has 0 unspecified atom stereocenters. The third-order valence-electron chi connectivity index (χ3n) is 4.87. The Morgan fingerprint density at radius 1 is 1.07 bits per heavy atom. The van der Waals surface area contributed by atoms with Crippen LogP contribution < -0.4 is 10.6 Å². The minimum absolute atomic E-state index is 0.371. The number of fused-ring (bicyclic) bond motifs is 1. The average molecular weight is 461 g/mol. The van der Waals surface area contributed by atoms with E-state index in [2.05, 4.69) is 56.5 Å². The van der Waals surface area contributed by atoms with Gasteiger partial charge in [0, 0.05) is 21.5 Å². The molecule has 0 saturated carbocycles. The number of benzene rings is 2. The Balaban J connectivity index is 1.87. The monoisotopic (exact) mass is 460 g/mol. The molecule has 0 amide bonds. The number of rotatable bonds is 5. The predicted molar refractivity (Wildman–Crippen MR) is 133 cm³/mol. The van der Waals surface area contributed by atoms with Crippen LogP contribution in [-0.2, 0) is 4.74 Å². The minimum atomic E-state index is -0.431. The summed E-state index contributed by atoms with van der Waals surface area (Å²) in [6.45, 7) is 8.70. The maximum Gasteiger partial charge on any atom is 0.349 e. The average Bonchev–Trinajstić information content (AvgIpc) is 3.03. The summed E-state index contributed by atoms with van der Waals surface area (Å²) in [5, 5.41) is 8.41. The van der Waals surface area contributed by atoms with Gasteiger partial charge in [0.05, 0.1) is 12.1 Å². The number of nitrogens with one attached hydrogen (secondary N) is 2. The van der Waals surface area contributed by atoms with Crippen LogP contribution in [0.15, 0.2) is 36.4 Å². The number of methoxy groups -OCH3 is 1. The maximum absolute atomic E-state index is 11.9. The van der Waals surface area contributed by atoms with E-state index in [-0.39, 0.29) is 0 Å². The van der Waals surface area contributed by atoms with Crippen LogP contribution in [0.3, 0.4) is 0 Å². The summed E-state index contributed by atoms with van der Waals surface area (Å²) in [7, 11) is 1.35. The van der Waals surface area contributed by atoms with Gasteiger partial charge in [-0.3, -0.25) is 0 Å². The molecule has 0 radical (unpaired) electrons. The molecule has 0 atom stereocenters. The molecule has 7 heteroatoms. The fraction of sp³-hybridized carbons (Fsp3) is 0.304. The number of halogens is 1. The highest BCUT2D eigenvalue weighted by molar-refractivity contribution is 7.80. The van der Waals surface area contributed by atoms with Crippen LogP contribution in [0.1, 0.15) is 60.3 Å². The van der Waals surface area contributed by atoms with Crippen LogP contribution in [0.2, 0.25) is 5.02 Å². The molecule has 2 aromatic carbocycles. The van der Waals surface area contributed by atoms with Crippen molar-refractivity contribution in [1.29, 1.82) is 0 Å². The van der Waals surface area contributed by atoms with Crippen LogP contribution in [0, 0.1) is 0 Å². The Kier molecular flexibility index (Phi) is 7.01. The fourth-order valence-electron chi connectivity index (χ4n) is 3.34. The summed E-state index contributed by atoms with van der Waals surface area (Å²) >= 11 is 13.3. The molecule has 3 rings (SSSR count). The van der Waals surface area contributed by atoms with Gasteiger partial charge in [-0.15, -0.1) is 11.3 Å². The Morgan fingerprint density at radius 3 is 2.27 bits per heavy atom. The normalized spacial score (nSPS) is 11.2. The van der Waals surface area contributed by atoms with Crippen LogP contribution in [0.4, 0.5) is 11.4 Å². The second kappa shape index (κ2) is 9.33. The number of hydrogen-bond donors (Lipinski definition) is 2. The summed E-state index contributed by atoms with van der Waals surface area (Å²) in [5.41, 5.74) is 4.35. The van der Waals surface area contributed by atoms with E-state index >= 15 is 0 Å². The fourth-order valence-corrected chi connectivity index (χ4v) is 5.02. The van der Waals surface area contributed by atoms with Crippen molar-refractivity contribution < 1.29 is 9.53 Å². The van der Waals surface area contributed by atoms with Gasteiger partial charge in [-0.05, 0) is 53.4 Å². The van der Waals surface area contributed by atoms with Gasteiger partial charge in [0.25, 0.3) is 0 Å². The lowest BCUT2D eigenvalue weighted by Gasteiger charge is -2.21. The Hall–Kier alpha value is -2.15. The number of thiocarbonyl (C=S) groups is 1. The lowest BCUT2D eigenvalue weighted by molar-refractivity contribution is 0.0606. The molecule has 0 aliphatic carbocycles. The second-order valence-electron chi connectivity index (χ2n) is 7.65. The highest BCUT2D eigenvalue weighted by atomic mass is 35.5. The standard InChI is InChI=1S/C23H25ClN2O2S2/c1-12(2)15-7-6-8-16(13(3)4)20(15)26-23(29)25-14-9-10-17-18(11-14)30-21(19(17)24)22(27)28-5/h6-13H,1-5H3,(H2,25,26,29). The molecule has 2 N–H and O–H groups in total. The van der Waals surface area contributed by atoms with E-state index in [1.165, 1.54) is 29.6 Å². The number of thiophene rings is 1. The predicted octanol–water partition coefficient (Wildman–Crippen LogP) is 7.40. The molecule has 1 aromatic heterocycles. The van der Waals surface area contributed by atoms with E-state index in [4.69, 9.17) is 28.6 Å². The zero-order valence-electron chi connectivity index (χ0n) is 17.6. The van der Waals surface area contributed by atoms with Gasteiger partial charge >= 0.3 is 5.97 Å². The summed E-state index contributed by atoms with van der Waals surface area (Å²) in [6, 6.07) is 12.1. The van der Waals surface area contributed by atoms with Crippen LogP contribution in [-0.4, -0.2) is 18.2 Å². The van der Waals surface area contributed by atoms with E-state index < -0.39 is 5.97 Å². The van der Waals surface area contributed by atoms with Gasteiger partial charge < -0.3 is 15.4 Å². The van der Waals surface area contributed by atoms with Crippen molar-refractivity contribution in [2.75, 3.05) is 17.7 Å². The first-order chi connectivity index (χ1) is 14.2. The molecule has 158 valence electrons. The molecular formula is C23H25ClN2O2S2. The molecule has 0 saturated heterocycles. The summed E-state index contributed by atoms with van der Waals surface area (Å²) in [5.74, 6) is 0.310. The molecule has 0 bridgehead atoms. The van der Waals surface area contributed by atoms with Gasteiger partial charge in [0.1, 0.15) is 4.88 Å². The molecule has 0 aliphatic heterocycles. The summed E-state index contributed by atoms with van der Waals surface area (Å²) in [6.07, 6.45) is 0. The van der Waals surface area contributed by atoms with Gasteiger partial charge in [-0.25, -0.2) is 4.79 Å². The largest absolute Gasteiger partial charge is 0.465 e. The van der Waals surface area contributed by atoms with Crippen molar-refractivity contribution in [1.82, 2.24) is 0 Å². The van der Waals surface area contributed by atoms with Crippen molar-refractivity contribution in [3.63, 3.8) is 0 Å². The maximum atomic E-state index is 11.9. The quantitative estimate of drug-likeness (QED) is 0.307. The Labute approximate surface area is 191 Å². The van der Waals surface area contributed by atoms with Gasteiger partial charge in [0.2, 0.25) is 0 Å². The molecule has 0 spiro atoms. The van der Waals surface area contributed by atoms with Crippen molar-refractivity contribution in [2.45, 2.75) is 39.5 Å². The lowest BCUT2D eigenvalue weighted by Crippen LogP contribution is -2.21. The number of para-hydroxylation sites is 1. The molecule has 0 aliphatic rings. The Bertz CT molecular complexity index is 1080. The van der Waals surface area contributed by atoms with Crippen LogP contribution in [0.5, 0.6) is 0 Å². The number of anilines is 2.